The van der Waals surface area contributed by atoms with Gasteiger partial charge in [-0.25, -0.2) is 0 Å². The first-order valence-electron chi connectivity index (χ1n) is 4.93. The Morgan fingerprint density at radius 1 is 1.50 bits per heavy atom. The molecule has 2 N–H and O–H groups in total. The van der Waals surface area contributed by atoms with Crippen molar-refractivity contribution in [3.8, 4) is 0 Å². The predicted octanol–water partition coefficient (Wildman–Crippen LogP) is 1.61. The van der Waals surface area contributed by atoms with E-state index in [1.807, 2.05) is 17.5 Å². The molecule has 1 rings (SSSR count). The highest BCUT2D eigenvalue weighted by molar-refractivity contribution is 7.10. The van der Waals surface area contributed by atoms with E-state index in [1.165, 1.54) is 18.3 Å². The molecule has 1 aromatic heterocycles. The van der Waals surface area contributed by atoms with Crippen molar-refractivity contribution >= 4 is 23.2 Å². The van der Waals surface area contributed by atoms with Crippen LogP contribution in [0.5, 0.6) is 0 Å². The molecule has 0 unspecified atom stereocenters. The molecular formula is C11H15NO3S. The summed E-state index contributed by atoms with van der Waals surface area (Å²) in [6.45, 7) is 5.01. The Bertz CT molecular complexity index is 384. The number of nitrogens with one attached hydrogen (secondary N) is 1. The van der Waals surface area contributed by atoms with Crippen LogP contribution in [0.1, 0.15) is 25.6 Å². The second kappa shape index (κ2) is 4.65. The van der Waals surface area contributed by atoms with Crippen molar-refractivity contribution in [2.45, 2.75) is 32.2 Å². The molecule has 0 spiro atoms. The summed E-state index contributed by atoms with van der Waals surface area (Å²) in [6, 6.07) is 2.87. The number of hydrogen-bond donors (Lipinski definition) is 2. The first kappa shape index (κ1) is 12.7. The molecule has 0 aliphatic carbocycles. The van der Waals surface area contributed by atoms with Crippen LogP contribution in [0.25, 0.3) is 0 Å². The number of hydrogen-bond acceptors (Lipinski definition) is 3. The van der Waals surface area contributed by atoms with E-state index >= 15 is 0 Å². The lowest BCUT2D eigenvalue weighted by atomic mass is 9.90. The van der Waals surface area contributed by atoms with Gasteiger partial charge in [0.05, 0.1) is 5.41 Å². The fourth-order valence-electron chi connectivity index (χ4n) is 1.18. The Kier molecular flexibility index (Phi) is 3.70. The van der Waals surface area contributed by atoms with Gasteiger partial charge in [-0.2, -0.15) is 0 Å². The van der Waals surface area contributed by atoms with Crippen LogP contribution in [0.4, 0.5) is 0 Å². The second-order valence-electron chi connectivity index (χ2n) is 4.14. The van der Waals surface area contributed by atoms with Gasteiger partial charge >= 0.3 is 5.97 Å². The van der Waals surface area contributed by atoms with Crippen LogP contribution in [0.2, 0.25) is 0 Å². The monoisotopic (exact) mass is 241 g/mol. The molecule has 16 heavy (non-hydrogen) atoms. The average Bonchev–Trinajstić information content (AvgIpc) is 2.70. The van der Waals surface area contributed by atoms with E-state index in [0.29, 0.717) is 0 Å². The Morgan fingerprint density at radius 3 is 2.56 bits per heavy atom. The van der Waals surface area contributed by atoms with Crippen LogP contribution in [0.3, 0.4) is 0 Å². The van der Waals surface area contributed by atoms with E-state index in [1.54, 1.807) is 13.8 Å². The SMILES string of the molecule is C[C@@H](NC(=O)C(C)(C)c1cccs1)C(=O)O. The van der Waals surface area contributed by atoms with E-state index < -0.39 is 17.4 Å². The van der Waals surface area contributed by atoms with E-state index in [2.05, 4.69) is 5.32 Å². The number of thiophene rings is 1. The van der Waals surface area contributed by atoms with Crippen LogP contribution in [-0.2, 0) is 15.0 Å². The smallest absolute Gasteiger partial charge is 0.325 e. The van der Waals surface area contributed by atoms with Crippen molar-refractivity contribution in [3.63, 3.8) is 0 Å². The standard InChI is InChI=1S/C11H15NO3S/c1-7(9(13)14)12-10(15)11(2,3)8-5-4-6-16-8/h4-7H,1-3H3,(H,12,15)(H,13,14)/t7-/m1/s1. The quantitative estimate of drug-likeness (QED) is 0.841. The normalized spacial score (nSPS) is 13.2. The molecule has 0 aliphatic rings. The van der Waals surface area contributed by atoms with Gasteiger partial charge in [0, 0.05) is 4.88 Å². The lowest BCUT2D eigenvalue weighted by Crippen LogP contribution is -2.46. The Balaban J connectivity index is 2.77. The fourth-order valence-corrected chi connectivity index (χ4v) is 2.03. The van der Waals surface area contributed by atoms with Crippen molar-refractivity contribution in [1.82, 2.24) is 5.32 Å². The molecule has 0 bridgehead atoms. The fraction of sp³-hybridized carbons (Fsp3) is 0.455. The maximum absolute atomic E-state index is 11.9. The van der Waals surface area contributed by atoms with Gasteiger partial charge in [0.2, 0.25) is 5.91 Å². The molecular weight excluding hydrogens is 226 g/mol. The van der Waals surface area contributed by atoms with Crippen LogP contribution < -0.4 is 5.32 Å². The zero-order valence-electron chi connectivity index (χ0n) is 9.48. The van der Waals surface area contributed by atoms with Gasteiger partial charge < -0.3 is 10.4 Å². The summed E-state index contributed by atoms with van der Waals surface area (Å²) in [6.07, 6.45) is 0. The molecule has 0 fully saturated rings. The molecule has 0 radical (unpaired) electrons. The molecule has 1 aromatic rings. The highest BCUT2D eigenvalue weighted by Crippen LogP contribution is 2.27. The lowest BCUT2D eigenvalue weighted by molar-refractivity contribution is -0.142. The number of carbonyl (C=O) groups is 2. The number of rotatable bonds is 4. The van der Waals surface area contributed by atoms with Crippen molar-refractivity contribution in [2.75, 3.05) is 0 Å². The predicted molar refractivity (Wildman–Crippen MR) is 62.6 cm³/mol. The van der Waals surface area contributed by atoms with Crippen LogP contribution in [-0.4, -0.2) is 23.0 Å². The third-order valence-corrected chi connectivity index (χ3v) is 3.62. The minimum Gasteiger partial charge on any atom is -0.480 e. The summed E-state index contributed by atoms with van der Waals surface area (Å²) >= 11 is 1.49. The van der Waals surface area contributed by atoms with E-state index in [4.69, 9.17) is 5.11 Å². The molecule has 4 nitrogen and oxygen atoms in total. The topological polar surface area (TPSA) is 66.4 Å². The summed E-state index contributed by atoms with van der Waals surface area (Å²) in [7, 11) is 0. The zero-order valence-corrected chi connectivity index (χ0v) is 10.3. The van der Waals surface area contributed by atoms with E-state index in [0.717, 1.165) is 4.88 Å². The minimum absolute atomic E-state index is 0.273. The first-order chi connectivity index (χ1) is 7.35. The second-order valence-corrected chi connectivity index (χ2v) is 5.08. The van der Waals surface area contributed by atoms with Crippen molar-refractivity contribution < 1.29 is 14.7 Å². The molecule has 0 aromatic carbocycles. The summed E-state index contributed by atoms with van der Waals surface area (Å²) in [5.41, 5.74) is -0.697. The van der Waals surface area contributed by atoms with Crippen LogP contribution in [0, 0.1) is 0 Å². The zero-order chi connectivity index (χ0) is 12.3. The Morgan fingerprint density at radius 2 is 2.12 bits per heavy atom. The molecule has 88 valence electrons. The lowest BCUT2D eigenvalue weighted by Gasteiger charge is -2.23. The summed E-state index contributed by atoms with van der Waals surface area (Å²) in [5, 5.41) is 13.1. The van der Waals surface area contributed by atoms with Gasteiger partial charge in [0.25, 0.3) is 0 Å². The van der Waals surface area contributed by atoms with Crippen molar-refractivity contribution in [3.05, 3.63) is 22.4 Å². The summed E-state index contributed by atoms with van der Waals surface area (Å²) < 4.78 is 0. The number of carbonyl (C=O) groups excluding carboxylic acids is 1. The third kappa shape index (κ3) is 2.61. The van der Waals surface area contributed by atoms with Gasteiger partial charge in [0.1, 0.15) is 6.04 Å². The van der Waals surface area contributed by atoms with Crippen molar-refractivity contribution in [1.29, 1.82) is 0 Å². The van der Waals surface area contributed by atoms with Gasteiger partial charge in [-0.1, -0.05) is 6.07 Å². The average molecular weight is 241 g/mol. The van der Waals surface area contributed by atoms with Gasteiger partial charge in [-0.15, -0.1) is 11.3 Å². The summed E-state index contributed by atoms with van der Waals surface area (Å²) in [4.78, 5) is 23.5. The third-order valence-electron chi connectivity index (χ3n) is 2.42. The Labute approximate surface area is 98.3 Å². The largest absolute Gasteiger partial charge is 0.480 e. The molecule has 1 heterocycles. The van der Waals surface area contributed by atoms with Crippen LogP contribution in [0.15, 0.2) is 17.5 Å². The van der Waals surface area contributed by atoms with E-state index in [9.17, 15) is 9.59 Å². The number of carboxylic acids is 1. The molecule has 0 aliphatic heterocycles. The van der Waals surface area contributed by atoms with Gasteiger partial charge in [-0.3, -0.25) is 9.59 Å². The van der Waals surface area contributed by atoms with Crippen molar-refractivity contribution in [2.24, 2.45) is 0 Å². The maximum atomic E-state index is 11.9. The molecule has 0 saturated carbocycles. The van der Waals surface area contributed by atoms with Crippen LogP contribution >= 0.6 is 11.3 Å². The van der Waals surface area contributed by atoms with E-state index in [-0.39, 0.29) is 5.91 Å². The molecule has 1 amide bonds. The maximum Gasteiger partial charge on any atom is 0.325 e. The minimum atomic E-state index is -1.03. The highest BCUT2D eigenvalue weighted by Gasteiger charge is 2.32. The number of amides is 1. The van der Waals surface area contributed by atoms with Gasteiger partial charge in [0.15, 0.2) is 0 Å². The molecule has 1 atom stereocenters. The number of aliphatic carboxylic acids is 1. The Hall–Kier alpha value is -1.36. The molecule has 5 heteroatoms. The molecule has 0 saturated heterocycles. The summed E-state index contributed by atoms with van der Waals surface area (Å²) in [5.74, 6) is -1.31. The first-order valence-corrected chi connectivity index (χ1v) is 5.81. The number of carboxylic acid groups (broad SMARTS) is 1. The highest BCUT2D eigenvalue weighted by atomic mass is 32.1. The van der Waals surface area contributed by atoms with Gasteiger partial charge in [-0.05, 0) is 32.2 Å².